The smallest absolute Gasteiger partial charge is 0.237 e. The van der Waals surface area contributed by atoms with Crippen molar-refractivity contribution in [2.45, 2.75) is 30.4 Å². The third kappa shape index (κ3) is 1.20. The fraction of sp³-hybridized carbons (Fsp3) is 0.875. The van der Waals surface area contributed by atoms with Crippen molar-refractivity contribution in [3.63, 3.8) is 0 Å². The minimum absolute atomic E-state index is 0.107. The summed E-state index contributed by atoms with van der Waals surface area (Å²) in [6, 6.07) is 0. The second-order valence-corrected chi connectivity index (χ2v) is 5.29. The molecule has 2 atom stereocenters. The molecular weight excluding hydrogens is 180 g/mol. The lowest BCUT2D eigenvalue weighted by Crippen LogP contribution is -2.32. The van der Waals surface area contributed by atoms with Crippen LogP contribution in [-0.4, -0.2) is 15.7 Å². The van der Waals surface area contributed by atoms with Gasteiger partial charge in [0.05, 0.1) is 4.75 Å². The molecule has 0 radical (unpaired) electrons. The molecule has 2 bridgehead atoms. The summed E-state index contributed by atoms with van der Waals surface area (Å²) in [5, 5.41) is -0.107. The van der Waals surface area contributed by atoms with E-state index >= 15 is 0 Å². The van der Waals surface area contributed by atoms with Crippen LogP contribution >= 0.6 is 23.4 Å². The molecule has 2 rings (SSSR count). The Bertz CT molecular complexity index is 191. The van der Waals surface area contributed by atoms with Crippen molar-refractivity contribution >= 4 is 28.6 Å². The standard InChI is InChI=1S/C8H11ClOS/c9-7(10)8-3-1-2-6(4-8)5-11-8/h6H,1-5H2. The summed E-state index contributed by atoms with van der Waals surface area (Å²) < 4.78 is -0.162. The number of hydrogen-bond acceptors (Lipinski definition) is 2. The van der Waals surface area contributed by atoms with Crippen molar-refractivity contribution in [3.05, 3.63) is 0 Å². The Kier molecular flexibility index (Phi) is 1.92. The summed E-state index contributed by atoms with van der Waals surface area (Å²) in [6.45, 7) is 0. The highest BCUT2D eigenvalue weighted by Crippen LogP contribution is 2.51. The number of carbonyl (C=O) groups is 1. The quantitative estimate of drug-likeness (QED) is 0.591. The highest BCUT2D eigenvalue weighted by atomic mass is 35.5. The zero-order valence-corrected chi connectivity index (χ0v) is 7.88. The van der Waals surface area contributed by atoms with E-state index in [4.69, 9.17) is 11.6 Å². The van der Waals surface area contributed by atoms with Crippen LogP contribution < -0.4 is 0 Å². The summed E-state index contributed by atoms with van der Waals surface area (Å²) >= 11 is 7.37. The van der Waals surface area contributed by atoms with E-state index in [9.17, 15) is 4.79 Å². The Morgan fingerprint density at radius 3 is 3.09 bits per heavy atom. The summed E-state index contributed by atoms with van der Waals surface area (Å²) in [5.41, 5.74) is 0. The predicted molar refractivity (Wildman–Crippen MR) is 48.0 cm³/mol. The van der Waals surface area contributed by atoms with Gasteiger partial charge in [0.15, 0.2) is 0 Å². The first-order valence-electron chi connectivity index (χ1n) is 4.07. The minimum Gasteiger partial charge on any atom is -0.280 e. The van der Waals surface area contributed by atoms with E-state index in [1.54, 1.807) is 11.8 Å². The van der Waals surface area contributed by atoms with Crippen LogP contribution in [0, 0.1) is 5.92 Å². The van der Waals surface area contributed by atoms with E-state index in [1.807, 2.05) is 0 Å². The first-order chi connectivity index (χ1) is 5.23. The third-order valence-electron chi connectivity index (χ3n) is 2.76. The molecule has 2 aliphatic rings. The monoisotopic (exact) mass is 190 g/mol. The molecule has 2 fully saturated rings. The number of hydrogen-bond donors (Lipinski definition) is 0. The lowest BCUT2D eigenvalue weighted by atomic mass is 9.83. The number of rotatable bonds is 1. The number of halogens is 1. The van der Waals surface area contributed by atoms with E-state index < -0.39 is 0 Å². The number of carbonyl (C=O) groups excluding carboxylic acids is 1. The van der Waals surface area contributed by atoms with Gasteiger partial charge in [0.25, 0.3) is 0 Å². The van der Waals surface area contributed by atoms with E-state index in [0.29, 0.717) is 0 Å². The highest BCUT2D eigenvalue weighted by Gasteiger charge is 2.47. The van der Waals surface area contributed by atoms with Crippen molar-refractivity contribution < 1.29 is 4.79 Å². The van der Waals surface area contributed by atoms with Gasteiger partial charge >= 0.3 is 0 Å². The zero-order valence-electron chi connectivity index (χ0n) is 6.31. The summed E-state index contributed by atoms with van der Waals surface area (Å²) in [7, 11) is 0. The Hall–Kier alpha value is 0.310. The van der Waals surface area contributed by atoms with Gasteiger partial charge in [-0.1, -0.05) is 6.42 Å². The largest absolute Gasteiger partial charge is 0.280 e. The average molecular weight is 191 g/mol. The van der Waals surface area contributed by atoms with Gasteiger partial charge in [-0.3, -0.25) is 4.79 Å². The maximum absolute atomic E-state index is 11.1. The molecule has 3 heteroatoms. The fourth-order valence-electron chi connectivity index (χ4n) is 2.13. The van der Waals surface area contributed by atoms with Gasteiger partial charge in [-0.05, 0) is 42.5 Å². The molecule has 1 nitrogen and oxygen atoms in total. The average Bonchev–Trinajstić information content (AvgIpc) is 2.29. The molecule has 1 heterocycles. The SMILES string of the molecule is O=C(Cl)C12CCCC(CS1)C2. The molecule has 0 amide bonds. The molecule has 2 unspecified atom stereocenters. The summed E-state index contributed by atoms with van der Waals surface area (Å²) in [6.07, 6.45) is 4.55. The molecule has 1 saturated heterocycles. The predicted octanol–water partition coefficient (Wildman–Crippen LogP) is 2.43. The van der Waals surface area contributed by atoms with Crippen LogP contribution in [0.5, 0.6) is 0 Å². The van der Waals surface area contributed by atoms with Crippen LogP contribution in [0.25, 0.3) is 0 Å². The lowest BCUT2D eigenvalue weighted by molar-refractivity contribution is -0.114. The molecule has 0 aromatic heterocycles. The maximum atomic E-state index is 11.1. The van der Waals surface area contributed by atoms with E-state index in [-0.39, 0.29) is 9.99 Å². The van der Waals surface area contributed by atoms with Crippen LogP contribution in [0.2, 0.25) is 0 Å². The molecule has 0 N–H and O–H groups in total. The second kappa shape index (κ2) is 2.67. The molecule has 62 valence electrons. The molecule has 1 saturated carbocycles. The van der Waals surface area contributed by atoms with Crippen LogP contribution in [0.4, 0.5) is 0 Å². The molecule has 0 aromatic carbocycles. The maximum Gasteiger partial charge on any atom is 0.237 e. The second-order valence-electron chi connectivity index (χ2n) is 3.54. The minimum atomic E-state index is -0.162. The summed E-state index contributed by atoms with van der Waals surface area (Å²) in [4.78, 5) is 11.1. The Labute approximate surface area is 75.9 Å². The van der Waals surface area contributed by atoms with Crippen molar-refractivity contribution in [2.24, 2.45) is 5.92 Å². The van der Waals surface area contributed by atoms with Gasteiger partial charge < -0.3 is 0 Å². The Morgan fingerprint density at radius 1 is 1.64 bits per heavy atom. The Balaban J connectivity index is 2.19. The van der Waals surface area contributed by atoms with Gasteiger partial charge in [0.2, 0.25) is 5.24 Å². The molecular formula is C8H11ClOS. The highest BCUT2D eigenvalue weighted by molar-refractivity contribution is 8.01. The van der Waals surface area contributed by atoms with Crippen LogP contribution in [0.15, 0.2) is 0 Å². The van der Waals surface area contributed by atoms with Crippen molar-refractivity contribution in [1.82, 2.24) is 0 Å². The number of thioether (sulfide) groups is 1. The number of fused-ring (bicyclic) bond motifs is 2. The molecule has 1 aliphatic heterocycles. The van der Waals surface area contributed by atoms with Crippen molar-refractivity contribution in [3.8, 4) is 0 Å². The fourth-order valence-corrected chi connectivity index (χ4v) is 4.06. The van der Waals surface area contributed by atoms with Crippen LogP contribution in [-0.2, 0) is 4.79 Å². The third-order valence-corrected chi connectivity index (χ3v) is 4.99. The van der Waals surface area contributed by atoms with E-state index in [2.05, 4.69) is 0 Å². The van der Waals surface area contributed by atoms with E-state index in [0.717, 1.165) is 24.5 Å². The van der Waals surface area contributed by atoms with Gasteiger partial charge in [-0.25, -0.2) is 0 Å². The van der Waals surface area contributed by atoms with Gasteiger partial charge in [-0.2, -0.15) is 0 Å². The van der Waals surface area contributed by atoms with Gasteiger partial charge in [0, 0.05) is 0 Å². The van der Waals surface area contributed by atoms with Gasteiger partial charge in [0.1, 0.15) is 0 Å². The molecule has 1 aliphatic carbocycles. The van der Waals surface area contributed by atoms with Crippen molar-refractivity contribution in [2.75, 3.05) is 5.75 Å². The Morgan fingerprint density at radius 2 is 2.45 bits per heavy atom. The first-order valence-corrected chi connectivity index (χ1v) is 5.43. The zero-order chi connectivity index (χ0) is 7.90. The first kappa shape index (κ1) is 7.93. The molecule has 0 aromatic rings. The summed E-state index contributed by atoms with van der Waals surface area (Å²) in [5.74, 6) is 1.93. The van der Waals surface area contributed by atoms with Crippen LogP contribution in [0.3, 0.4) is 0 Å². The van der Waals surface area contributed by atoms with Crippen LogP contribution in [0.1, 0.15) is 25.7 Å². The normalized spacial score (nSPS) is 42.5. The lowest BCUT2D eigenvalue weighted by Gasteiger charge is -2.27. The topological polar surface area (TPSA) is 17.1 Å². The van der Waals surface area contributed by atoms with Gasteiger partial charge in [-0.15, -0.1) is 11.8 Å². The van der Waals surface area contributed by atoms with Crippen molar-refractivity contribution in [1.29, 1.82) is 0 Å². The molecule has 11 heavy (non-hydrogen) atoms. The molecule has 0 spiro atoms. The van der Waals surface area contributed by atoms with E-state index in [1.165, 1.54) is 12.8 Å².